The molecule has 6 aromatic rings. The summed E-state index contributed by atoms with van der Waals surface area (Å²) in [5, 5.41) is 10.5. The van der Waals surface area contributed by atoms with Gasteiger partial charge in [-0.3, -0.25) is 0 Å². The maximum Gasteiger partial charge on any atom is 0.340 e. The molecule has 2 atom stereocenters. The molecule has 0 unspecified atom stereocenters. The number of benzene rings is 2. The number of carbonyl (C=O) groups is 2. The molecule has 0 bridgehead atoms. The van der Waals surface area contributed by atoms with Crippen LogP contribution in [0.25, 0.3) is 21.5 Å². The Morgan fingerprint density at radius 3 is 1.33 bits per heavy atom. The van der Waals surface area contributed by atoms with Gasteiger partial charge in [0.1, 0.15) is 46.0 Å². The zero-order valence-corrected chi connectivity index (χ0v) is 37.7. The average Bonchev–Trinajstić information content (AvgIpc) is 4.23. The molecule has 4 aromatic heterocycles. The largest absolute Gasteiger partial charge is 0.496 e. The number of hydrogen-bond donors (Lipinski definition) is 4. The Hall–Kier alpha value is -6.38. The maximum atomic E-state index is 12.5. The van der Waals surface area contributed by atoms with Gasteiger partial charge < -0.3 is 41.0 Å². The summed E-state index contributed by atoms with van der Waals surface area (Å²) in [5.74, 6) is 3.51. The highest BCUT2D eigenvalue weighted by Gasteiger charge is 2.64. The number of esters is 2. The molecule has 2 spiro atoms. The maximum absolute atomic E-state index is 12.5. The third-order valence-electron chi connectivity index (χ3n) is 14.1. The smallest absolute Gasteiger partial charge is 0.340 e. The van der Waals surface area contributed by atoms with Crippen molar-refractivity contribution >= 4 is 56.8 Å². The van der Waals surface area contributed by atoms with Crippen LogP contribution in [0, 0.1) is 0 Å². The SMILES string of the molecule is CC[C@@H](N)c1ccc(OC)c2cnc(Nc3ccc4c(n3)C3(CC3)C(C)(C)OC4=O)cc12.CC[C@H](N)c1ccc(OC)c2cnc(Nc3ccc4c(n3)C3(CC3)C(C)(C)OC4=O)cc12. The van der Waals surface area contributed by atoms with Crippen molar-refractivity contribution in [2.24, 2.45) is 11.5 Å². The summed E-state index contributed by atoms with van der Waals surface area (Å²) in [4.78, 5) is 43.9. The molecule has 2 aliphatic heterocycles. The minimum absolute atomic E-state index is 0.0801. The van der Waals surface area contributed by atoms with Gasteiger partial charge in [-0.1, -0.05) is 26.0 Å². The van der Waals surface area contributed by atoms with E-state index in [-0.39, 0.29) is 34.9 Å². The molecule has 2 aliphatic carbocycles. The lowest BCUT2D eigenvalue weighted by Gasteiger charge is -2.39. The lowest BCUT2D eigenvalue weighted by Crippen LogP contribution is -2.46. The summed E-state index contributed by atoms with van der Waals surface area (Å²) in [6.45, 7) is 12.0. The quantitative estimate of drug-likeness (QED) is 0.0949. The minimum atomic E-state index is -0.564. The third kappa shape index (κ3) is 7.03. The van der Waals surface area contributed by atoms with E-state index in [1.54, 1.807) is 50.9 Å². The number of nitrogens with zero attached hydrogens (tertiary/aromatic N) is 4. The summed E-state index contributed by atoms with van der Waals surface area (Å²) >= 11 is 0. The van der Waals surface area contributed by atoms with Gasteiger partial charge in [0.15, 0.2) is 0 Å². The Labute approximate surface area is 372 Å². The van der Waals surface area contributed by atoms with Crippen molar-refractivity contribution in [1.29, 1.82) is 0 Å². The fraction of sp³-hybridized carbons (Fsp3) is 0.400. The van der Waals surface area contributed by atoms with Crippen LogP contribution in [0.5, 0.6) is 11.5 Å². The van der Waals surface area contributed by atoms with Gasteiger partial charge in [-0.25, -0.2) is 29.5 Å². The first-order chi connectivity index (χ1) is 30.6. The summed E-state index contributed by atoms with van der Waals surface area (Å²) in [7, 11) is 3.30. The molecule has 6 heterocycles. The number of ether oxygens (including phenoxy) is 4. The van der Waals surface area contributed by atoms with Crippen LogP contribution in [0.2, 0.25) is 0 Å². The van der Waals surface area contributed by atoms with Crippen LogP contribution in [0.1, 0.15) is 135 Å². The van der Waals surface area contributed by atoms with Crippen LogP contribution in [-0.2, 0) is 20.3 Å². The number of nitrogens with two attached hydrogens (primary N) is 2. The molecule has 0 amide bonds. The zero-order valence-electron chi connectivity index (χ0n) is 37.7. The number of hydrogen-bond acceptors (Lipinski definition) is 14. The normalized spacial score (nSPS) is 18.7. The molecule has 4 aliphatic rings. The Kier molecular flexibility index (Phi) is 10.5. The van der Waals surface area contributed by atoms with Crippen LogP contribution in [-0.4, -0.2) is 57.3 Å². The zero-order chi connectivity index (χ0) is 45.3. The van der Waals surface area contributed by atoms with Gasteiger partial charge in [-0.05, 0) is 137 Å². The number of methoxy groups -OCH3 is 2. The summed E-state index contributed by atoms with van der Waals surface area (Å²) in [6.07, 6.45) is 9.09. The van der Waals surface area contributed by atoms with E-state index in [0.717, 1.165) is 94.1 Å². The number of anilines is 4. The summed E-state index contributed by atoms with van der Waals surface area (Å²) in [5.41, 5.74) is 16.0. The molecule has 2 saturated carbocycles. The second kappa shape index (κ2) is 15.7. The van der Waals surface area contributed by atoms with Crippen LogP contribution in [0.15, 0.2) is 73.1 Å². The average molecular weight is 865 g/mol. The number of carbonyl (C=O) groups excluding carboxylic acids is 2. The lowest BCUT2D eigenvalue weighted by atomic mass is 9.80. The predicted octanol–water partition coefficient (Wildman–Crippen LogP) is 9.54. The first-order valence-electron chi connectivity index (χ1n) is 22.1. The Morgan fingerprint density at radius 2 is 0.984 bits per heavy atom. The standard InChI is InChI=1S/2C25H28N4O3/c2*1-5-18(26)14-6-8-19(31-4)17-13-27-21(12-16(14)17)28-20-9-7-15-22(29-20)25(10-11-25)24(2,3)32-23(15)30/h2*6-9,12-13,18H,5,10-11,26H2,1-4H3,(H,27,28,29)/t2*18-/m10/s1. The minimum Gasteiger partial charge on any atom is -0.496 e. The van der Waals surface area contributed by atoms with Gasteiger partial charge in [-0.15, -0.1) is 0 Å². The van der Waals surface area contributed by atoms with Crippen LogP contribution < -0.4 is 31.6 Å². The van der Waals surface area contributed by atoms with E-state index in [0.29, 0.717) is 34.4 Å². The molecule has 2 aromatic carbocycles. The number of fused-ring (bicyclic) bond motifs is 6. The molecule has 6 N–H and O–H groups in total. The van der Waals surface area contributed by atoms with Gasteiger partial charge >= 0.3 is 11.9 Å². The predicted molar refractivity (Wildman–Crippen MR) is 247 cm³/mol. The van der Waals surface area contributed by atoms with Gasteiger partial charge in [0.2, 0.25) is 0 Å². The summed E-state index contributed by atoms with van der Waals surface area (Å²) < 4.78 is 22.5. The van der Waals surface area contributed by atoms with E-state index in [2.05, 4.69) is 34.4 Å². The lowest BCUT2D eigenvalue weighted by molar-refractivity contribution is -0.0294. The van der Waals surface area contributed by atoms with Gasteiger partial charge in [0, 0.05) is 35.2 Å². The van der Waals surface area contributed by atoms with Crippen LogP contribution in [0.4, 0.5) is 23.3 Å². The molecule has 2 fully saturated rings. The second-order valence-corrected chi connectivity index (χ2v) is 18.4. The number of cyclic esters (lactones) is 2. The fourth-order valence-electron chi connectivity index (χ4n) is 9.70. The van der Waals surface area contributed by atoms with Crippen LogP contribution >= 0.6 is 0 Å². The van der Waals surface area contributed by atoms with Crippen molar-refractivity contribution in [3.63, 3.8) is 0 Å². The van der Waals surface area contributed by atoms with E-state index in [4.69, 9.17) is 40.4 Å². The van der Waals surface area contributed by atoms with E-state index in [9.17, 15) is 9.59 Å². The fourth-order valence-corrected chi connectivity index (χ4v) is 9.70. The monoisotopic (exact) mass is 864 g/mol. The Bertz CT molecular complexity index is 2660. The summed E-state index contributed by atoms with van der Waals surface area (Å²) in [6, 6.07) is 18.9. The first-order valence-corrected chi connectivity index (χ1v) is 22.1. The molecule has 10 rings (SSSR count). The van der Waals surface area contributed by atoms with Crippen molar-refractivity contribution in [3.05, 3.63) is 107 Å². The van der Waals surface area contributed by atoms with Crippen molar-refractivity contribution in [1.82, 2.24) is 19.9 Å². The molecule has 332 valence electrons. The number of nitrogens with one attached hydrogen (secondary N) is 2. The molecule has 0 saturated heterocycles. The Balaban J connectivity index is 0.000000162. The Morgan fingerprint density at radius 1 is 0.594 bits per heavy atom. The van der Waals surface area contributed by atoms with E-state index >= 15 is 0 Å². The highest BCUT2D eigenvalue weighted by Crippen LogP contribution is 2.61. The molecule has 64 heavy (non-hydrogen) atoms. The van der Waals surface area contributed by atoms with Gasteiger partial charge in [0.05, 0.1) is 47.6 Å². The molecule has 0 radical (unpaired) electrons. The van der Waals surface area contributed by atoms with Crippen molar-refractivity contribution in [3.8, 4) is 11.5 Å². The molecule has 14 nitrogen and oxygen atoms in total. The van der Waals surface area contributed by atoms with Crippen molar-refractivity contribution in [2.75, 3.05) is 24.9 Å². The molecular formula is C50H56N8O6. The van der Waals surface area contributed by atoms with E-state index < -0.39 is 11.2 Å². The highest BCUT2D eigenvalue weighted by molar-refractivity contribution is 5.96. The number of rotatable bonds is 10. The number of pyridine rings is 4. The van der Waals surface area contributed by atoms with Gasteiger partial charge in [-0.2, -0.15) is 0 Å². The van der Waals surface area contributed by atoms with Crippen molar-refractivity contribution < 1.29 is 28.5 Å². The molecule has 14 heteroatoms. The third-order valence-corrected chi connectivity index (χ3v) is 14.1. The van der Waals surface area contributed by atoms with Crippen LogP contribution in [0.3, 0.4) is 0 Å². The van der Waals surface area contributed by atoms with Crippen molar-refractivity contribution in [2.45, 2.75) is 114 Å². The first kappa shape index (κ1) is 42.9. The topological polar surface area (TPSA) is 199 Å². The van der Waals surface area contributed by atoms with Gasteiger partial charge in [0.25, 0.3) is 0 Å². The number of aromatic nitrogens is 4. The highest BCUT2D eigenvalue weighted by atomic mass is 16.6. The van der Waals surface area contributed by atoms with E-state index in [1.165, 1.54) is 0 Å². The second-order valence-electron chi connectivity index (χ2n) is 18.4. The van der Waals surface area contributed by atoms with E-state index in [1.807, 2.05) is 64.1 Å². The molecular weight excluding hydrogens is 809 g/mol.